The number of anilines is 1. The molecule has 5 nitrogen and oxygen atoms in total. The van der Waals surface area contributed by atoms with E-state index < -0.39 is 0 Å². The van der Waals surface area contributed by atoms with Crippen LogP contribution >= 0.6 is 0 Å². The number of amides is 2. The number of carbonyl (C=O) groups excluding carboxylic acids is 1. The molecule has 0 bridgehead atoms. The van der Waals surface area contributed by atoms with Gasteiger partial charge in [0.1, 0.15) is 0 Å². The molecule has 1 unspecified atom stereocenters. The number of nitrogens with zero attached hydrogens (tertiary/aromatic N) is 1. The van der Waals surface area contributed by atoms with Gasteiger partial charge in [0, 0.05) is 31.4 Å². The van der Waals surface area contributed by atoms with Gasteiger partial charge >= 0.3 is 6.03 Å². The van der Waals surface area contributed by atoms with Gasteiger partial charge in [0.25, 0.3) is 0 Å². The minimum absolute atomic E-state index is 0.146. The monoisotopic (exact) mass is 319 g/mol. The van der Waals surface area contributed by atoms with Gasteiger partial charge in [0.05, 0.1) is 13.2 Å². The fourth-order valence-electron chi connectivity index (χ4n) is 2.89. The normalized spacial score (nSPS) is 17.1. The lowest BCUT2D eigenvalue weighted by atomic mass is 10.0. The largest absolute Gasteiger partial charge is 0.379 e. The highest BCUT2D eigenvalue weighted by molar-refractivity contribution is 5.89. The van der Waals surface area contributed by atoms with Crippen LogP contribution in [0.25, 0.3) is 0 Å². The number of hydrogen-bond acceptors (Lipinski definition) is 3. The molecule has 2 amide bonds. The molecule has 1 heterocycles. The van der Waals surface area contributed by atoms with Crippen LogP contribution in [-0.4, -0.2) is 49.8 Å². The van der Waals surface area contributed by atoms with Crippen molar-refractivity contribution in [3.05, 3.63) is 29.3 Å². The third-order valence-electron chi connectivity index (χ3n) is 4.52. The Morgan fingerprint density at radius 1 is 1.22 bits per heavy atom. The lowest BCUT2D eigenvalue weighted by Gasteiger charge is -2.36. The third kappa shape index (κ3) is 5.22. The van der Waals surface area contributed by atoms with Gasteiger partial charge in [0.2, 0.25) is 0 Å². The first-order valence-electron chi connectivity index (χ1n) is 8.41. The van der Waals surface area contributed by atoms with Crippen molar-refractivity contribution < 1.29 is 9.53 Å². The number of urea groups is 1. The molecule has 0 radical (unpaired) electrons. The maximum Gasteiger partial charge on any atom is 0.319 e. The van der Waals surface area contributed by atoms with Gasteiger partial charge in [-0.3, -0.25) is 4.90 Å². The molecule has 23 heavy (non-hydrogen) atoms. The van der Waals surface area contributed by atoms with Crippen LogP contribution in [0.2, 0.25) is 0 Å². The predicted molar refractivity (Wildman–Crippen MR) is 94.0 cm³/mol. The van der Waals surface area contributed by atoms with Gasteiger partial charge in [-0.2, -0.15) is 0 Å². The molecular formula is C18H29N3O2. The first-order valence-corrected chi connectivity index (χ1v) is 8.41. The number of ether oxygens (including phenoxy) is 1. The van der Waals surface area contributed by atoms with E-state index in [1.165, 1.54) is 11.1 Å². The zero-order valence-corrected chi connectivity index (χ0v) is 14.7. The zero-order chi connectivity index (χ0) is 16.8. The summed E-state index contributed by atoms with van der Waals surface area (Å²) in [5.74, 6) is 0.481. The van der Waals surface area contributed by atoms with E-state index in [9.17, 15) is 4.79 Å². The summed E-state index contributed by atoms with van der Waals surface area (Å²) in [6.45, 7) is 12.6. The fraction of sp³-hybridized carbons (Fsp3) is 0.611. The molecule has 0 aliphatic carbocycles. The highest BCUT2D eigenvalue weighted by Gasteiger charge is 2.24. The van der Waals surface area contributed by atoms with E-state index in [1.54, 1.807) is 0 Å². The minimum Gasteiger partial charge on any atom is -0.379 e. The number of aryl methyl sites for hydroxylation is 2. The van der Waals surface area contributed by atoms with Crippen LogP contribution in [0.3, 0.4) is 0 Å². The van der Waals surface area contributed by atoms with Crippen molar-refractivity contribution in [2.45, 2.75) is 33.7 Å². The molecule has 0 aromatic heterocycles. The number of carbonyl (C=O) groups is 1. The van der Waals surface area contributed by atoms with E-state index in [0.717, 1.165) is 32.0 Å². The average molecular weight is 319 g/mol. The quantitative estimate of drug-likeness (QED) is 0.877. The average Bonchev–Trinajstić information content (AvgIpc) is 2.52. The Balaban J connectivity index is 1.86. The molecule has 0 saturated carbocycles. The Morgan fingerprint density at radius 3 is 2.52 bits per heavy atom. The number of benzene rings is 1. The third-order valence-corrected chi connectivity index (χ3v) is 4.52. The maximum absolute atomic E-state index is 12.2. The Hall–Kier alpha value is -1.59. The summed E-state index contributed by atoms with van der Waals surface area (Å²) >= 11 is 0. The van der Waals surface area contributed by atoms with E-state index >= 15 is 0 Å². The number of nitrogens with one attached hydrogen (secondary N) is 2. The lowest BCUT2D eigenvalue weighted by molar-refractivity contribution is 0.00728. The van der Waals surface area contributed by atoms with Gasteiger partial charge in [-0.25, -0.2) is 4.79 Å². The summed E-state index contributed by atoms with van der Waals surface area (Å²) in [7, 11) is 0. The molecule has 5 heteroatoms. The van der Waals surface area contributed by atoms with E-state index in [0.29, 0.717) is 18.5 Å². The Kier molecular flexibility index (Phi) is 6.42. The van der Waals surface area contributed by atoms with Crippen molar-refractivity contribution in [3.63, 3.8) is 0 Å². The molecule has 1 aliphatic rings. The van der Waals surface area contributed by atoms with Crippen molar-refractivity contribution in [1.82, 2.24) is 10.2 Å². The van der Waals surface area contributed by atoms with Crippen LogP contribution in [0.4, 0.5) is 10.5 Å². The second-order valence-electron chi connectivity index (χ2n) is 6.59. The van der Waals surface area contributed by atoms with Crippen molar-refractivity contribution in [3.8, 4) is 0 Å². The first-order chi connectivity index (χ1) is 11.0. The topological polar surface area (TPSA) is 53.6 Å². The standard InChI is InChI=1S/C18H29N3O2/c1-13(2)17(21-7-9-23-10-8-21)12-19-18(22)20-16-6-5-14(3)15(4)11-16/h5-6,11,13,17H,7-10,12H2,1-4H3,(H2,19,20,22). The Labute approximate surface area is 139 Å². The van der Waals surface area contributed by atoms with Gasteiger partial charge in [-0.05, 0) is 43.0 Å². The Morgan fingerprint density at radius 2 is 1.91 bits per heavy atom. The summed E-state index contributed by atoms with van der Waals surface area (Å²) in [6, 6.07) is 6.15. The molecule has 128 valence electrons. The molecule has 1 fully saturated rings. The van der Waals surface area contributed by atoms with Gasteiger partial charge in [-0.1, -0.05) is 19.9 Å². The summed E-state index contributed by atoms with van der Waals surface area (Å²) in [6.07, 6.45) is 0. The molecule has 2 N–H and O–H groups in total. The van der Waals surface area contributed by atoms with Crippen molar-refractivity contribution >= 4 is 11.7 Å². The molecule has 2 rings (SSSR count). The highest BCUT2D eigenvalue weighted by atomic mass is 16.5. The number of rotatable bonds is 5. The van der Waals surface area contributed by atoms with E-state index in [2.05, 4.69) is 36.3 Å². The summed E-state index contributed by atoms with van der Waals surface area (Å²) < 4.78 is 5.41. The van der Waals surface area contributed by atoms with Crippen molar-refractivity contribution in [1.29, 1.82) is 0 Å². The summed E-state index contributed by atoms with van der Waals surface area (Å²) in [5.41, 5.74) is 3.23. The van der Waals surface area contributed by atoms with E-state index in [4.69, 9.17) is 4.74 Å². The molecule has 1 aromatic carbocycles. The fourth-order valence-corrected chi connectivity index (χ4v) is 2.89. The number of morpholine rings is 1. The van der Waals surface area contributed by atoms with Crippen LogP contribution in [-0.2, 0) is 4.74 Å². The maximum atomic E-state index is 12.2. The summed E-state index contributed by atoms with van der Waals surface area (Å²) in [4.78, 5) is 14.6. The summed E-state index contributed by atoms with van der Waals surface area (Å²) in [5, 5.41) is 5.93. The number of hydrogen-bond donors (Lipinski definition) is 2. The minimum atomic E-state index is -0.146. The van der Waals surface area contributed by atoms with Crippen molar-refractivity contribution in [2.75, 3.05) is 38.2 Å². The predicted octanol–water partition coefficient (Wildman–Crippen LogP) is 2.78. The highest BCUT2D eigenvalue weighted by Crippen LogP contribution is 2.15. The molecule has 1 aliphatic heterocycles. The van der Waals surface area contributed by atoms with Gasteiger partial charge in [0.15, 0.2) is 0 Å². The molecule has 1 aromatic rings. The first kappa shape index (κ1) is 17.8. The van der Waals surface area contributed by atoms with Crippen LogP contribution < -0.4 is 10.6 Å². The molecular weight excluding hydrogens is 290 g/mol. The molecule has 1 atom stereocenters. The van der Waals surface area contributed by atoms with Crippen LogP contribution in [0.1, 0.15) is 25.0 Å². The SMILES string of the molecule is Cc1ccc(NC(=O)NCC(C(C)C)N2CCOCC2)cc1C. The molecule has 1 saturated heterocycles. The van der Waals surface area contributed by atoms with E-state index in [-0.39, 0.29) is 6.03 Å². The van der Waals surface area contributed by atoms with E-state index in [1.807, 2.05) is 25.1 Å². The second kappa shape index (κ2) is 8.31. The smallest absolute Gasteiger partial charge is 0.319 e. The zero-order valence-electron chi connectivity index (χ0n) is 14.7. The van der Waals surface area contributed by atoms with Crippen molar-refractivity contribution in [2.24, 2.45) is 5.92 Å². The molecule has 0 spiro atoms. The van der Waals surface area contributed by atoms with Crippen LogP contribution in [0.15, 0.2) is 18.2 Å². The van der Waals surface area contributed by atoms with Gasteiger partial charge in [-0.15, -0.1) is 0 Å². The Bertz CT molecular complexity index is 525. The lowest BCUT2D eigenvalue weighted by Crippen LogP contribution is -2.51. The van der Waals surface area contributed by atoms with Gasteiger partial charge < -0.3 is 15.4 Å². The van der Waals surface area contributed by atoms with Crippen LogP contribution in [0.5, 0.6) is 0 Å². The van der Waals surface area contributed by atoms with Crippen LogP contribution in [0, 0.1) is 19.8 Å². The second-order valence-corrected chi connectivity index (χ2v) is 6.59.